The number of anilines is 2. The molecule has 2 N–H and O–H groups in total. The number of hydrogen-bond acceptors (Lipinski definition) is 3. The van der Waals surface area contributed by atoms with Crippen molar-refractivity contribution >= 4 is 11.4 Å². The van der Waals surface area contributed by atoms with E-state index in [0.29, 0.717) is 11.4 Å². The summed E-state index contributed by atoms with van der Waals surface area (Å²) in [7, 11) is 1.83. The lowest BCUT2D eigenvalue weighted by Crippen LogP contribution is -2.20. The summed E-state index contributed by atoms with van der Waals surface area (Å²) in [5.41, 5.74) is 2.39. The fourth-order valence-electron chi connectivity index (χ4n) is 2.43. The minimum Gasteiger partial charge on any atom is -0.506 e. The quantitative estimate of drug-likeness (QED) is 0.730. The van der Waals surface area contributed by atoms with Gasteiger partial charge in [0.25, 0.3) is 5.56 Å². The van der Waals surface area contributed by atoms with Gasteiger partial charge in [-0.05, 0) is 31.2 Å². The number of hydrogen-bond donors (Lipinski definition) is 2. The molecule has 3 aromatic rings. The minimum atomic E-state index is -0.158. The molecule has 2 aromatic carbocycles. The van der Waals surface area contributed by atoms with E-state index in [1.807, 2.05) is 44.3 Å². The van der Waals surface area contributed by atoms with Gasteiger partial charge in [0.1, 0.15) is 11.4 Å². The second-order valence-corrected chi connectivity index (χ2v) is 5.08. The van der Waals surface area contributed by atoms with Crippen molar-refractivity contribution in [3.8, 4) is 11.4 Å². The predicted molar refractivity (Wildman–Crippen MR) is 87.1 cm³/mol. The smallest absolute Gasteiger partial charge is 0.295 e. The van der Waals surface area contributed by atoms with Crippen molar-refractivity contribution in [3.63, 3.8) is 0 Å². The Morgan fingerprint density at radius 2 is 1.64 bits per heavy atom. The highest BCUT2D eigenvalue weighted by Gasteiger charge is 2.16. The summed E-state index contributed by atoms with van der Waals surface area (Å²) in [5, 5.41) is 12.9. The highest BCUT2D eigenvalue weighted by molar-refractivity contribution is 5.67. The van der Waals surface area contributed by atoms with E-state index in [2.05, 4.69) is 5.32 Å². The van der Waals surface area contributed by atoms with Crippen LogP contribution in [0.5, 0.6) is 5.75 Å². The van der Waals surface area contributed by atoms with E-state index in [1.54, 1.807) is 33.6 Å². The summed E-state index contributed by atoms with van der Waals surface area (Å²) in [5.74, 6) is 0.108. The van der Waals surface area contributed by atoms with Gasteiger partial charge in [-0.2, -0.15) is 0 Å². The Morgan fingerprint density at radius 1 is 1.00 bits per heavy atom. The van der Waals surface area contributed by atoms with Crippen molar-refractivity contribution in [3.05, 3.63) is 70.6 Å². The molecule has 0 saturated carbocycles. The van der Waals surface area contributed by atoms with E-state index in [-0.39, 0.29) is 11.3 Å². The average Bonchev–Trinajstić information content (AvgIpc) is 2.74. The SMILES string of the molecule is Cc1c(Nc2ccccc2O)c(=O)n(-c2ccccc2)n1C. The van der Waals surface area contributed by atoms with Gasteiger partial charge >= 0.3 is 0 Å². The fourth-order valence-corrected chi connectivity index (χ4v) is 2.43. The second kappa shape index (κ2) is 5.44. The van der Waals surface area contributed by atoms with Crippen molar-refractivity contribution in [2.75, 3.05) is 5.32 Å². The number of nitrogens with zero attached hydrogens (tertiary/aromatic N) is 2. The number of para-hydroxylation sites is 3. The molecule has 0 aliphatic heterocycles. The molecule has 0 saturated heterocycles. The van der Waals surface area contributed by atoms with Crippen LogP contribution in [0.15, 0.2) is 59.4 Å². The lowest BCUT2D eigenvalue weighted by molar-refractivity contribution is 0.478. The standard InChI is InChI=1S/C17H17N3O2/c1-12-16(18-14-10-6-7-11-15(14)21)17(22)20(19(12)2)13-8-4-3-5-9-13/h3-11,18,21H,1-2H3. The topological polar surface area (TPSA) is 59.2 Å². The first-order valence-electron chi connectivity index (χ1n) is 6.98. The summed E-state index contributed by atoms with van der Waals surface area (Å²) in [6.07, 6.45) is 0. The van der Waals surface area contributed by atoms with E-state index < -0.39 is 0 Å². The molecule has 1 aromatic heterocycles. The Labute approximate surface area is 128 Å². The van der Waals surface area contributed by atoms with Crippen LogP contribution in [0.1, 0.15) is 5.69 Å². The van der Waals surface area contributed by atoms with Crippen LogP contribution >= 0.6 is 0 Å². The molecule has 0 amide bonds. The summed E-state index contributed by atoms with van der Waals surface area (Å²) in [6.45, 7) is 1.86. The number of rotatable bonds is 3. The van der Waals surface area contributed by atoms with E-state index in [9.17, 15) is 9.90 Å². The molecular weight excluding hydrogens is 278 g/mol. The molecular formula is C17H17N3O2. The molecule has 0 aliphatic carbocycles. The third kappa shape index (κ3) is 2.26. The maximum atomic E-state index is 12.7. The van der Waals surface area contributed by atoms with E-state index >= 15 is 0 Å². The first-order valence-corrected chi connectivity index (χ1v) is 6.98. The Morgan fingerprint density at radius 3 is 2.32 bits per heavy atom. The van der Waals surface area contributed by atoms with Gasteiger partial charge in [-0.25, -0.2) is 4.68 Å². The summed E-state index contributed by atoms with van der Waals surface area (Å²) < 4.78 is 3.39. The normalized spacial score (nSPS) is 10.6. The van der Waals surface area contributed by atoms with Gasteiger partial charge < -0.3 is 10.4 Å². The predicted octanol–water partition coefficient (Wildman–Crippen LogP) is 2.93. The Kier molecular flexibility index (Phi) is 3.47. The number of phenols is 1. The van der Waals surface area contributed by atoms with Crippen LogP contribution in [0, 0.1) is 6.92 Å². The minimum absolute atomic E-state index is 0.108. The Hall–Kier alpha value is -2.95. The number of phenolic OH excluding ortho intramolecular Hbond substituents is 1. The molecule has 0 radical (unpaired) electrons. The molecule has 5 heteroatoms. The monoisotopic (exact) mass is 295 g/mol. The third-order valence-electron chi connectivity index (χ3n) is 3.72. The highest BCUT2D eigenvalue weighted by atomic mass is 16.3. The van der Waals surface area contributed by atoms with Crippen molar-refractivity contribution in [2.45, 2.75) is 6.92 Å². The van der Waals surface area contributed by atoms with Crippen LogP contribution in [0.2, 0.25) is 0 Å². The van der Waals surface area contributed by atoms with Gasteiger partial charge in [0, 0.05) is 7.05 Å². The van der Waals surface area contributed by atoms with Crippen molar-refractivity contribution < 1.29 is 5.11 Å². The maximum absolute atomic E-state index is 12.7. The zero-order valence-electron chi connectivity index (χ0n) is 12.4. The number of benzene rings is 2. The first kappa shape index (κ1) is 14.0. The molecule has 3 rings (SSSR count). The Bertz CT molecular complexity index is 863. The van der Waals surface area contributed by atoms with Crippen LogP contribution in [-0.4, -0.2) is 14.5 Å². The molecule has 5 nitrogen and oxygen atoms in total. The van der Waals surface area contributed by atoms with E-state index in [0.717, 1.165) is 11.4 Å². The van der Waals surface area contributed by atoms with Gasteiger partial charge in [-0.15, -0.1) is 0 Å². The first-order chi connectivity index (χ1) is 10.6. The molecule has 0 spiro atoms. The molecule has 0 aliphatic rings. The van der Waals surface area contributed by atoms with Gasteiger partial charge in [0.05, 0.1) is 17.1 Å². The van der Waals surface area contributed by atoms with Gasteiger partial charge in [0.15, 0.2) is 0 Å². The average molecular weight is 295 g/mol. The molecule has 0 atom stereocenters. The van der Waals surface area contributed by atoms with Crippen molar-refractivity contribution in [2.24, 2.45) is 7.05 Å². The van der Waals surface area contributed by atoms with Crippen LogP contribution in [-0.2, 0) is 7.05 Å². The van der Waals surface area contributed by atoms with Crippen LogP contribution in [0.4, 0.5) is 11.4 Å². The molecule has 0 bridgehead atoms. The zero-order chi connectivity index (χ0) is 15.7. The second-order valence-electron chi connectivity index (χ2n) is 5.08. The molecule has 0 unspecified atom stereocenters. The maximum Gasteiger partial charge on any atom is 0.295 e. The van der Waals surface area contributed by atoms with E-state index in [1.165, 1.54) is 0 Å². The van der Waals surface area contributed by atoms with Gasteiger partial charge in [-0.3, -0.25) is 9.48 Å². The molecule has 22 heavy (non-hydrogen) atoms. The lowest BCUT2D eigenvalue weighted by Gasteiger charge is -2.07. The summed E-state index contributed by atoms with van der Waals surface area (Å²) >= 11 is 0. The summed E-state index contributed by atoms with van der Waals surface area (Å²) in [6, 6.07) is 16.3. The van der Waals surface area contributed by atoms with Crippen molar-refractivity contribution in [1.29, 1.82) is 0 Å². The van der Waals surface area contributed by atoms with Gasteiger partial charge in [0.2, 0.25) is 0 Å². The van der Waals surface area contributed by atoms with Gasteiger partial charge in [-0.1, -0.05) is 30.3 Å². The van der Waals surface area contributed by atoms with Crippen LogP contribution in [0.25, 0.3) is 5.69 Å². The van der Waals surface area contributed by atoms with E-state index in [4.69, 9.17) is 0 Å². The molecule has 112 valence electrons. The lowest BCUT2D eigenvalue weighted by atomic mass is 10.2. The number of aromatic nitrogens is 2. The highest BCUT2D eigenvalue weighted by Crippen LogP contribution is 2.26. The number of nitrogens with one attached hydrogen (secondary N) is 1. The van der Waals surface area contributed by atoms with Crippen LogP contribution < -0.4 is 10.9 Å². The summed E-state index contributed by atoms with van der Waals surface area (Å²) in [4.78, 5) is 12.7. The molecule has 0 fully saturated rings. The number of aromatic hydroxyl groups is 1. The molecule has 1 heterocycles. The fraction of sp³-hybridized carbons (Fsp3) is 0.118. The van der Waals surface area contributed by atoms with Crippen LogP contribution in [0.3, 0.4) is 0 Å². The zero-order valence-corrected chi connectivity index (χ0v) is 12.4. The third-order valence-corrected chi connectivity index (χ3v) is 3.72. The largest absolute Gasteiger partial charge is 0.506 e. The Balaban J connectivity index is 2.11. The van der Waals surface area contributed by atoms with Crippen molar-refractivity contribution in [1.82, 2.24) is 9.36 Å².